The van der Waals surface area contributed by atoms with E-state index >= 15 is 0 Å². The van der Waals surface area contributed by atoms with Crippen molar-refractivity contribution < 1.29 is 9.22 Å². The molecule has 0 N–H and O–H groups in total. The molecule has 0 aromatic heterocycles. The quantitative estimate of drug-likeness (QED) is 0.377. The van der Waals surface area contributed by atoms with Gasteiger partial charge in [-0.05, 0) is 37.0 Å². The van der Waals surface area contributed by atoms with E-state index in [1.54, 1.807) is 5.56 Å². The Morgan fingerprint density at radius 1 is 1.00 bits per heavy atom. The van der Waals surface area contributed by atoms with Gasteiger partial charge in [0.15, 0.2) is 0 Å². The number of nitrogens with zero attached hydrogens (tertiary/aromatic N) is 1. The first kappa shape index (κ1) is 19.6. The van der Waals surface area contributed by atoms with Crippen LogP contribution in [0.25, 0.3) is 10.8 Å². The van der Waals surface area contributed by atoms with E-state index in [2.05, 4.69) is 56.3 Å². The highest BCUT2D eigenvalue weighted by Gasteiger charge is 2.71. The first-order valence-corrected chi connectivity index (χ1v) is 12.1. The molecule has 2 aliphatic heterocycles. The number of fused-ring (bicyclic) bond motifs is 1. The summed E-state index contributed by atoms with van der Waals surface area (Å²) in [5.74, 6) is 1.66. The summed E-state index contributed by atoms with van der Waals surface area (Å²) in [4.78, 5) is 0. The van der Waals surface area contributed by atoms with Crippen molar-refractivity contribution in [2.24, 2.45) is 11.8 Å². The van der Waals surface area contributed by atoms with Crippen molar-refractivity contribution in [2.45, 2.75) is 77.0 Å². The van der Waals surface area contributed by atoms with E-state index in [1.165, 1.54) is 79.8 Å². The molecule has 5 rings (SSSR count). The van der Waals surface area contributed by atoms with Gasteiger partial charge in [0.1, 0.15) is 24.7 Å². The number of hydrogen-bond donors (Lipinski definition) is 0. The van der Waals surface area contributed by atoms with Crippen molar-refractivity contribution in [1.82, 2.24) is 0 Å². The molecule has 0 unspecified atom stereocenters. The molecule has 0 spiro atoms. The zero-order valence-corrected chi connectivity index (χ0v) is 18.4. The van der Waals surface area contributed by atoms with Crippen LogP contribution in [0.3, 0.4) is 0 Å². The standard InChI is InChI=1S/C27H38NO/c1-3-4-5-8-18-29-26-20-28(17-16-23-14-15-25(26)27(23,28)2)19-22-12-9-11-21-10-6-7-13-24(21)22/h6-7,9-13,23,25-26H,3-5,8,14-20H2,1-2H3/q+1/t23-,25+,26+,27+,28+/m0/s1. The molecule has 3 aliphatic rings. The maximum atomic E-state index is 6.62. The molecule has 2 aromatic rings. The summed E-state index contributed by atoms with van der Waals surface area (Å²) in [6.45, 7) is 9.64. The van der Waals surface area contributed by atoms with E-state index in [0.717, 1.165) is 18.4 Å². The smallest absolute Gasteiger partial charge is 0.115 e. The molecule has 3 fully saturated rings. The zero-order chi connectivity index (χ0) is 19.9. The van der Waals surface area contributed by atoms with Crippen LogP contribution in [0.5, 0.6) is 0 Å². The van der Waals surface area contributed by atoms with Crippen molar-refractivity contribution in [3.63, 3.8) is 0 Å². The van der Waals surface area contributed by atoms with Gasteiger partial charge < -0.3 is 9.22 Å². The van der Waals surface area contributed by atoms with Gasteiger partial charge in [0.05, 0.1) is 6.54 Å². The molecule has 1 aliphatic carbocycles. The minimum atomic E-state index is 0.422. The highest BCUT2D eigenvalue weighted by molar-refractivity contribution is 5.85. The van der Waals surface area contributed by atoms with E-state index in [-0.39, 0.29) is 0 Å². The molecule has 29 heavy (non-hydrogen) atoms. The number of rotatable bonds is 8. The van der Waals surface area contributed by atoms with Gasteiger partial charge in [-0.25, -0.2) is 0 Å². The van der Waals surface area contributed by atoms with Gasteiger partial charge >= 0.3 is 0 Å². The SMILES string of the molecule is CCCCCCO[C@@H]1C[N@+]2(Cc3cccc4ccccc34)CC[C@@H]3CC[C@H]1[C@@]32C. The average Bonchev–Trinajstić information content (AvgIpc) is 3.31. The van der Waals surface area contributed by atoms with E-state index in [4.69, 9.17) is 4.74 Å². The molecule has 2 nitrogen and oxygen atoms in total. The van der Waals surface area contributed by atoms with Gasteiger partial charge in [-0.2, -0.15) is 0 Å². The van der Waals surface area contributed by atoms with Gasteiger partial charge in [0.2, 0.25) is 0 Å². The zero-order valence-electron chi connectivity index (χ0n) is 18.4. The van der Waals surface area contributed by atoms with Gasteiger partial charge in [-0.3, -0.25) is 0 Å². The van der Waals surface area contributed by atoms with E-state index in [9.17, 15) is 0 Å². The van der Waals surface area contributed by atoms with E-state index in [1.807, 2.05) is 0 Å². The Morgan fingerprint density at radius 2 is 1.86 bits per heavy atom. The second-order valence-electron chi connectivity index (χ2n) is 10.2. The summed E-state index contributed by atoms with van der Waals surface area (Å²) in [5, 5.41) is 2.84. The second kappa shape index (κ2) is 7.71. The number of quaternary nitrogens is 1. The number of unbranched alkanes of at least 4 members (excludes halogenated alkanes) is 3. The summed E-state index contributed by atoms with van der Waals surface area (Å²) in [6, 6.07) is 15.9. The van der Waals surface area contributed by atoms with Crippen LogP contribution < -0.4 is 0 Å². The maximum Gasteiger partial charge on any atom is 0.115 e. The molecule has 2 heteroatoms. The molecule has 1 saturated carbocycles. The average molecular weight is 393 g/mol. The fraction of sp³-hybridized carbons (Fsp3) is 0.630. The van der Waals surface area contributed by atoms with Crippen molar-refractivity contribution in [3.05, 3.63) is 48.0 Å². The molecule has 156 valence electrons. The Hall–Kier alpha value is -1.38. The van der Waals surface area contributed by atoms with Crippen LogP contribution in [0.15, 0.2) is 42.5 Å². The van der Waals surface area contributed by atoms with Gasteiger partial charge in [-0.1, -0.05) is 68.7 Å². The van der Waals surface area contributed by atoms with Crippen LogP contribution in [0.4, 0.5) is 0 Å². The molecular formula is C27H38NO+. The molecule has 0 radical (unpaired) electrons. The van der Waals surface area contributed by atoms with Crippen LogP contribution in [0.1, 0.15) is 64.4 Å². The summed E-state index contributed by atoms with van der Waals surface area (Å²) in [6.07, 6.45) is 9.91. The minimum Gasteiger partial charge on any atom is -0.372 e. The molecule has 2 saturated heterocycles. The largest absolute Gasteiger partial charge is 0.372 e. The lowest BCUT2D eigenvalue weighted by molar-refractivity contribution is -0.966. The second-order valence-corrected chi connectivity index (χ2v) is 10.2. The molecule has 0 bridgehead atoms. The third kappa shape index (κ3) is 3.06. The third-order valence-corrected chi connectivity index (χ3v) is 8.99. The van der Waals surface area contributed by atoms with Gasteiger partial charge in [0.25, 0.3) is 0 Å². The molecule has 2 aromatic carbocycles. The topological polar surface area (TPSA) is 9.23 Å². The highest BCUT2D eigenvalue weighted by Crippen LogP contribution is 2.61. The minimum absolute atomic E-state index is 0.422. The van der Waals surface area contributed by atoms with Crippen LogP contribution in [-0.4, -0.2) is 35.8 Å². The Labute approximate surface area is 176 Å². The van der Waals surface area contributed by atoms with Crippen molar-refractivity contribution in [3.8, 4) is 0 Å². The molecule has 5 atom stereocenters. The molecule has 0 amide bonds. The third-order valence-electron chi connectivity index (χ3n) is 8.99. The predicted molar refractivity (Wildman–Crippen MR) is 121 cm³/mol. The normalized spacial score (nSPS) is 35.4. The monoisotopic (exact) mass is 392 g/mol. The summed E-state index contributed by atoms with van der Waals surface area (Å²) >= 11 is 0. The Kier molecular flexibility index (Phi) is 5.20. The Bertz CT molecular complexity index is 857. The van der Waals surface area contributed by atoms with Crippen LogP contribution in [-0.2, 0) is 11.3 Å². The molecule has 2 heterocycles. The number of ether oxygens (including phenoxy) is 1. The first-order valence-electron chi connectivity index (χ1n) is 12.1. The van der Waals surface area contributed by atoms with Crippen LogP contribution in [0, 0.1) is 11.8 Å². The van der Waals surface area contributed by atoms with Crippen molar-refractivity contribution in [2.75, 3.05) is 19.7 Å². The fourth-order valence-corrected chi connectivity index (χ4v) is 7.41. The van der Waals surface area contributed by atoms with Gasteiger partial charge in [-0.15, -0.1) is 0 Å². The lowest BCUT2D eigenvalue weighted by Crippen LogP contribution is -2.57. The lowest BCUT2D eigenvalue weighted by Gasteiger charge is -2.44. The van der Waals surface area contributed by atoms with Crippen LogP contribution in [0.2, 0.25) is 0 Å². The number of hydrogen-bond acceptors (Lipinski definition) is 1. The fourth-order valence-electron chi connectivity index (χ4n) is 7.41. The summed E-state index contributed by atoms with van der Waals surface area (Å²) in [5.41, 5.74) is 1.96. The molecular weight excluding hydrogens is 354 g/mol. The summed E-state index contributed by atoms with van der Waals surface area (Å²) < 4.78 is 7.89. The Balaban J connectivity index is 1.40. The first-order chi connectivity index (χ1) is 14.2. The predicted octanol–water partition coefficient (Wildman–Crippen LogP) is 6.32. The van der Waals surface area contributed by atoms with E-state index < -0.39 is 0 Å². The summed E-state index contributed by atoms with van der Waals surface area (Å²) in [7, 11) is 0. The van der Waals surface area contributed by atoms with Gasteiger partial charge in [0, 0.05) is 30.4 Å². The van der Waals surface area contributed by atoms with Crippen LogP contribution >= 0.6 is 0 Å². The van der Waals surface area contributed by atoms with E-state index in [0.29, 0.717) is 11.6 Å². The van der Waals surface area contributed by atoms with Crippen molar-refractivity contribution in [1.29, 1.82) is 0 Å². The lowest BCUT2D eigenvalue weighted by atomic mass is 9.83. The maximum absolute atomic E-state index is 6.62. The highest BCUT2D eigenvalue weighted by atomic mass is 16.5. The number of benzene rings is 2. The van der Waals surface area contributed by atoms with Crippen molar-refractivity contribution >= 4 is 10.8 Å². The Morgan fingerprint density at radius 3 is 2.76 bits per heavy atom.